The summed E-state index contributed by atoms with van der Waals surface area (Å²) in [5.74, 6) is 1.35. The molecule has 0 radical (unpaired) electrons. The lowest BCUT2D eigenvalue weighted by Gasteiger charge is -2.44. The van der Waals surface area contributed by atoms with Gasteiger partial charge in [-0.25, -0.2) is 14.8 Å². The molecule has 1 aliphatic heterocycles. The fraction of sp³-hybridized carbons (Fsp3) is 0.542. The Balaban J connectivity index is 1.79. The standard InChI is InChI=1S/C24H37N5O3S/c1-8-33(6,7)24(4,5)21(31)26-20-17-14-29(23(2,3)19(17)27-28-20)22(32)25-18(15-30)16-12-10-9-11-13-16/h9-13,18,30H,8,14-15H2,1-7H3,(H,25,32)(H2,26,27,28,31)/t18-/m1/s1. The SMILES string of the molecule is CCS(C)(C)C(C)(C)C(=O)Nc1n[nH]c2c1CN(C(=O)N[C@H](CO)c1ccccc1)C2(C)C. The van der Waals surface area contributed by atoms with E-state index in [0.717, 1.165) is 22.6 Å². The topological polar surface area (TPSA) is 110 Å². The first-order valence-electron chi connectivity index (χ1n) is 11.2. The summed E-state index contributed by atoms with van der Waals surface area (Å²) in [5.41, 5.74) is 1.79. The summed E-state index contributed by atoms with van der Waals surface area (Å²) in [7, 11) is -1.15. The van der Waals surface area contributed by atoms with Crippen LogP contribution in [0.4, 0.5) is 10.6 Å². The number of hydrogen-bond donors (Lipinski definition) is 4. The molecule has 1 aromatic heterocycles. The van der Waals surface area contributed by atoms with Crippen molar-refractivity contribution in [3.8, 4) is 0 Å². The van der Waals surface area contributed by atoms with Crippen molar-refractivity contribution in [2.75, 3.05) is 30.2 Å². The summed E-state index contributed by atoms with van der Waals surface area (Å²) in [5, 5.41) is 23.2. The molecule has 0 unspecified atom stereocenters. The van der Waals surface area contributed by atoms with E-state index in [0.29, 0.717) is 12.4 Å². The van der Waals surface area contributed by atoms with Crippen molar-refractivity contribution in [2.24, 2.45) is 0 Å². The van der Waals surface area contributed by atoms with Crippen LogP contribution in [0.15, 0.2) is 30.3 Å². The number of aromatic nitrogens is 2. The molecular weight excluding hydrogens is 438 g/mol. The van der Waals surface area contributed by atoms with Crippen molar-refractivity contribution < 1.29 is 14.7 Å². The smallest absolute Gasteiger partial charge is 0.319 e. The highest BCUT2D eigenvalue weighted by molar-refractivity contribution is 8.34. The van der Waals surface area contributed by atoms with Crippen LogP contribution in [-0.2, 0) is 16.9 Å². The molecule has 2 heterocycles. The lowest BCUT2D eigenvalue weighted by atomic mass is 10.0. The molecule has 8 nitrogen and oxygen atoms in total. The van der Waals surface area contributed by atoms with E-state index < -0.39 is 26.4 Å². The fourth-order valence-electron chi connectivity index (χ4n) is 3.96. The van der Waals surface area contributed by atoms with E-state index in [1.807, 2.05) is 58.0 Å². The van der Waals surface area contributed by atoms with Gasteiger partial charge in [-0.3, -0.25) is 9.89 Å². The first-order valence-corrected chi connectivity index (χ1v) is 13.8. The number of rotatable bonds is 7. The Labute approximate surface area is 197 Å². The van der Waals surface area contributed by atoms with E-state index in [9.17, 15) is 14.7 Å². The molecular formula is C24H37N5O3S. The Morgan fingerprint density at radius 3 is 2.48 bits per heavy atom. The van der Waals surface area contributed by atoms with Crippen molar-refractivity contribution >= 4 is 27.8 Å². The maximum atomic E-state index is 13.2. The largest absolute Gasteiger partial charge is 0.394 e. The van der Waals surface area contributed by atoms with Crippen LogP contribution in [0.1, 0.15) is 57.5 Å². The highest BCUT2D eigenvalue weighted by Gasteiger charge is 2.45. The molecule has 0 bridgehead atoms. The minimum absolute atomic E-state index is 0.0659. The van der Waals surface area contributed by atoms with Crippen molar-refractivity contribution in [3.63, 3.8) is 0 Å². The maximum absolute atomic E-state index is 13.2. The average molecular weight is 476 g/mol. The Morgan fingerprint density at radius 2 is 1.91 bits per heavy atom. The molecule has 1 atom stereocenters. The van der Waals surface area contributed by atoms with Gasteiger partial charge in [0.2, 0.25) is 5.91 Å². The van der Waals surface area contributed by atoms with Crippen molar-refractivity contribution in [1.29, 1.82) is 0 Å². The van der Waals surface area contributed by atoms with Crippen LogP contribution < -0.4 is 10.6 Å². The molecule has 9 heteroatoms. The zero-order valence-electron chi connectivity index (χ0n) is 20.7. The number of fused-ring (bicyclic) bond motifs is 1. The maximum Gasteiger partial charge on any atom is 0.319 e. The zero-order chi connectivity index (χ0) is 24.6. The Bertz CT molecular complexity index is 1020. The van der Waals surface area contributed by atoms with Gasteiger partial charge in [-0.15, -0.1) is 0 Å². The van der Waals surface area contributed by atoms with Gasteiger partial charge in [-0.05, 0) is 51.5 Å². The predicted octanol–water partition coefficient (Wildman–Crippen LogP) is 3.70. The molecule has 33 heavy (non-hydrogen) atoms. The number of carbonyl (C=O) groups is 2. The number of nitrogens with zero attached hydrogens (tertiary/aromatic N) is 2. The summed E-state index contributed by atoms with van der Waals surface area (Å²) in [6, 6.07) is 8.59. The number of urea groups is 1. The van der Waals surface area contributed by atoms with Crippen LogP contribution in [-0.4, -0.2) is 61.8 Å². The number of hydrogen-bond acceptors (Lipinski definition) is 4. The van der Waals surface area contributed by atoms with E-state index in [1.54, 1.807) is 4.90 Å². The highest BCUT2D eigenvalue weighted by atomic mass is 32.3. The van der Waals surface area contributed by atoms with E-state index in [-0.39, 0.29) is 18.5 Å². The lowest BCUT2D eigenvalue weighted by Crippen LogP contribution is -2.48. The minimum atomic E-state index is -1.15. The van der Waals surface area contributed by atoms with Crippen LogP contribution in [0.5, 0.6) is 0 Å². The number of carbonyl (C=O) groups excluding carboxylic acids is 2. The average Bonchev–Trinajstić information content (AvgIpc) is 3.30. The van der Waals surface area contributed by atoms with E-state index in [4.69, 9.17) is 0 Å². The normalized spacial score (nSPS) is 16.8. The van der Waals surface area contributed by atoms with Gasteiger partial charge in [-0.2, -0.15) is 5.10 Å². The van der Waals surface area contributed by atoms with Gasteiger partial charge in [-0.1, -0.05) is 37.3 Å². The molecule has 182 valence electrons. The van der Waals surface area contributed by atoms with Crippen LogP contribution in [0.3, 0.4) is 0 Å². The van der Waals surface area contributed by atoms with Gasteiger partial charge in [0.25, 0.3) is 0 Å². The number of nitrogens with one attached hydrogen (secondary N) is 3. The molecule has 3 rings (SSSR count). The molecule has 3 amide bonds. The van der Waals surface area contributed by atoms with Crippen molar-refractivity contribution in [1.82, 2.24) is 20.4 Å². The Morgan fingerprint density at radius 1 is 1.27 bits per heavy atom. The number of benzene rings is 1. The first kappa shape index (κ1) is 25.1. The van der Waals surface area contributed by atoms with Crippen LogP contribution in [0.2, 0.25) is 0 Å². The lowest BCUT2D eigenvalue weighted by molar-refractivity contribution is -0.117. The summed E-state index contributed by atoms with van der Waals surface area (Å²) in [4.78, 5) is 28.1. The van der Waals surface area contributed by atoms with E-state index >= 15 is 0 Å². The number of amides is 3. The quantitative estimate of drug-likeness (QED) is 0.489. The molecule has 0 fully saturated rings. The van der Waals surface area contributed by atoms with Gasteiger partial charge in [0.1, 0.15) is 0 Å². The molecule has 0 saturated heterocycles. The third-order valence-electron chi connectivity index (χ3n) is 7.28. The molecule has 0 saturated carbocycles. The minimum Gasteiger partial charge on any atom is -0.394 e. The van der Waals surface area contributed by atoms with Gasteiger partial charge >= 0.3 is 6.03 Å². The molecule has 1 aliphatic rings. The predicted molar refractivity (Wildman–Crippen MR) is 135 cm³/mol. The van der Waals surface area contributed by atoms with Crippen molar-refractivity contribution in [2.45, 2.75) is 57.5 Å². The van der Waals surface area contributed by atoms with E-state index in [1.165, 1.54) is 0 Å². The number of aromatic amines is 1. The van der Waals surface area contributed by atoms with Crippen LogP contribution in [0, 0.1) is 0 Å². The molecule has 1 aromatic carbocycles. The molecule has 2 aromatic rings. The second-order valence-corrected chi connectivity index (χ2v) is 14.6. The number of aliphatic hydroxyl groups excluding tert-OH is 1. The third kappa shape index (κ3) is 4.48. The molecule has 0 aliphatic carbocycles. The van der Waals surface area contributed by atoms with Crippen LogP contribution >= 0.6 is 10.0 Å². The number of aliphatic hydroxyl groups is 1. The zero-order valence-corrected chi connectivity index (χ0v) is 21.5. The summed E-state index contributed by atoms with van der Waals surface area (Å²) in [6.45, 7) is 10.1. The summed E-state index contributed by atoms with van der Waals surface area (Å²) >= 11 is 0. The fourth-order valence-corrected chi connectivity index (χ4v) is 5.24. The summed E-state index contributed by atoms with van der Waals surface area (Å²) < 4.78 is -0.525. The van der Waals surface area contributed by atoms with Gasteiger partial charge in [0.15, 0.2) is 5.82 Å². The number of H-pyrrole nitrogens is 1. The molecule has 0 spiro atoms. The van der Waals surface area contributed by atoms with Gasteiger partial charge in [0.05, 0.1) is 35.2 Å². The van der Waals surface area contributed by atoms with Crippen LogP contribution in [0.25, 0.3) is 0 Å². The highest BCUT2D eigenvalue weighted by Crippen LogP contribution is 2.53. The Kier molecular flexibility index (Phi) is 6.87. The van der Waals surface area contributed by atoms with E-state index in [2.05, 4.69) is 40.3 Å². The summed E-state index contributed by atoms with van der Waals surface area (Å²) in [6.07, 6.45) is 4.34. The number of anilines is 1. The Hall–Kier alpha value is -2.52. The third-order valence-corrected chi connectivity index (χ3v) is 11.7. The second kappa shape index (κ2) is 9.02. The van der Waals surface area contributed by atoms with Gasteiger partial charge in [0, 0.05) is 5.56 Å². The van der Waals surface area contributed by atoms with Crippen molar-refractivity contribution in [3.05, 3.63) is 47.2 Å². The second-order valence-electron chi connectivity index (χ2n) is 9.96. The first-order chi connectivity index (χ1) is 15.4. The van der Waals surface area contributed by atoms with Gasteiger partial charge < -0.3 is 20.6 Å². The monoisotopic (exact) mass is 475 g/mol. The molecule has 4 N–H and O–H groups in total.